The van der Waals surface area contributed by atoms with Gasteiger partial charge >= 0.3 is 0 Å². The standard InChI is InChI=1S/C24H18BrNO4/c1-29-19-10-11-22-20(13-19)21(27)14-23(30-22)16-4-8-18(9-5-16)26-24(28)12-15-2-6-17(25)7-3-15/h2-11,13-14H,12H2,1H3,(H,26,28). The molecule has 0 aliphatic heterocycles. The maximum Gasteiger partial charge on any atom is 0.228 e. The molecule has 4 rings (SSSR count). The van der Waals surface area contributed by atoms with Crippen LogP contribution in [-0.2, 0) is 11.2 Å². The fourth-order valence-corrected chi connectivity index (χ4v) is 3.38. The van der Waals surface area contributed by atoms with Gasteiger partial charge in [-0.15, -0.1) is 0 Å². The number of benzene rings is 3. The number of ether oxygens (including phenoxy) is 1. The molecule has 150 valence electrons. The molecule has 0 aliphatic rings. The second-order valence-electron chi connectivity index (χ2n) is 6.77. The summed E-state index contributed by atoms with van der Waals surface area (Å²) in [7, 11) is 1.55. The predicted octanol–water partition coefficient (Wildman–Crippen LogP) is 5.41. The number of fused-ring (bicyclic) bond motifs is 1. The summed E-state index contributed by atoms with van der Waals surface area (Å²) in [6.45, 7) is 0. The highest BCUT2D eigenvalue weighted by atomic mass is 79.9. The summed E-state index contributed by atoms with van der Waals surface area (Å²) < 4.78 is 12.0. The Labute approximate surface area is 181 Å². The summed E-state index contributed by atoms with van der Waals surface area (Å²) in [6.07, 6.45) is 0.290. The molecule has 1 heterocycles. The topological polar surface area (TPSA) is 68.5 Å². The number of nitrogens with one attached hydrogen (secondary N) is 1. The van der Waals surface area contributed by atoms with Gasteiger partial charge in [-0.05, 0) is 60.2 Å². The van der Waals surface area contributed by atoms with E-state index in [9.17, 15) is 9.59 Å². The van der Waals surface area contributed by atoms with Crippen LogP contribution < -0.4 is 15.5 Å². The fraction of sp³-hybridized carbons (Fsp3) is 0.0833. The largest absolute Gasteiger partial charge is 0.497 e. The first kappa shape index (κ1) is 19.9. The van der Waals surface area contributed by atoms with Crippen LogP contribution in [0.1, 0.15) is 5.56 Å². The zero-order valence-electron chi connectivity index (χ0n) is 16.1. The Bertz CT molecular complexity index is 1260. The second-order valence-corrected chi connectivity index (χ2v) is 7.68. The minimum absolute atomic E-state index is 0.101. The molecule has 0 radical (unpaired) electrons. The monoisotopic (exact) mass is 463 g/mol. The summed E-state index contributed by atoms with van der Waals surface area (Å²) in [5.41, 5.74) is 2.70. The van der Waals surface area contributed by atoms with Crippen molar-refractivity contribution in [1.82, 2.24) is 0 Å². The van der Waals surface area contributed by atoms with E-state index in [1.54, 1.807) is 37.4 Å². The molecular formula is C24H18BrNO4. The maximum atomic E-state index is 12.5. The van der Waals surface area contributed by atoms with Gasteiger partial charge in [0.1, 0.15) is 17.1 Å². The molecule has 4 aromatic rings. The molecule has 5 nitrogen and oxygen atoms in total. The molecule has 0 spiro atoms. The van der Waals surface area contributed by atoms with Crippen LogP contribution in [0, 0.1) is 0 Å². The molecule has 0 saturated heterocycles. The van der Waals surface area contributed by atoms with Crippen molar-refractivity contribution in [3.05, 3.63) is 93.1 Å². The van der Waals surface area contributed by atoms with E-state index in [4.69, 9.17) is 9.15 Å². The highest BCUT2D eigenvalue weighted by Crippen LogP contribution is 2.25. The Balaban J connectivity index is 1.51. The van der Waals surface area contributed by atoms with Crippen molar-refractivity contribution in [1.29, 1.82) is 0 Å². The molecular weight excluding hydrogens is 446 g/mol. The highest BCUT2D eigenvalue weighted by molar-refractivity contribution is 9.10. The normalized spacial score (nSPS) is 10.7. The molecule has 1 N–H and O–H groups in total. The van der Waals surface area contributed by atoms with Crippen LogP contribution in [0.15, 0.2) is 86.5 Å². The number of carbonyl (C=O) groups is 1. The van der Waals surface area contributed by atoms with Gasteiger partial charge < -0.3 is 14.5 Å². The minimum atomic E-state index is -0.142. The molecule has 1 amide bonds. The number of hydrogen-bond acceptors (Lipinski definition) is 4. The third-order valence-electron chi connectivity index (χ3n) is 4.67. The van der Waals surface area contributed by atoms with E-state index in [0.29, 0.717) is 28.2 Å². The van der Waals surface area contributed by atoms with Gasteiger partial charge in [-0.1, -0.05) is 28.1 Å². The zero-order chi connectivity index (χ0) is 21.1. The van der Waals surface area contributed by atoms with E-state index in [2.05, 4.69) is 21.2 Å². The molecule has 1 aromatic heterocycles. The Hall–Kier alpha value is -3.38. The van der Waals surface area contributed by atoms with Crippen LogP contribution in [0.4, 0.5) is 5.69 Å². The number of halogens is 1. The van der Waals surface area contributed by atoms with E-state index in [1.807, 2.05) is 36.4 Å². The van der Waals surface area contributed by atoms with Crippen LogP contribution >= 0.6 is 15.9 Å². The van der Waals surface area contributed by atoms with Crippen molar-refractivity contribution in [2.75, 3.05) is 12.4 Å². The molecule has 0 saturated carbocycles. The first-order valence-electron chi connectivity index (χ1n) is 9.28. The summed E-state index contributed by atoms with van der Waals surface area (Å²) in [5, 5.41) is 3.35. The summed E-state index contributed by atoms with van der Waals surface area (Å²) in [5.74, 6) is 0.965. The Morgan fingerprint density at radius 1 is 1.00 bits per heavy atom. The molecule has 0 aliphatic carbocycles. The minimum Gasteiger partial charge on any atom is -0.497 e. The fourth-order valence-electron chi connectivity index (χ4n) is 3.12. The van der Waals surface area contributed by atoms with Crippen LogP contribution in [0.3, 0.4) is 0 Å². The average Bonchev–Trinajstić information content (AvgIpc) is 2.75. The number of hydrogen-bond donors (Lipinski definition) is 1. The maximum absolute atomic E-state index is 12.5. The SMILES string of the molecule is COc1ccc2oc(-c3ccc(NC(=O)Cc4ccc(Br)cc4)cc3)cc(=O)c2c1. The molecule has 0 unspecified atom stereocenters. The van der Waals surface area contributed by atoms with Gasteiger partial charge in [-0.25, -0.2) is 0 Å². The van der Waals surface area contributed by atoms with Crippen molar-refractivity contribution in [3.8, 4) is 17.1 Å². The van der Waals surface area contributed by atoms with Crippen LogP contribution in [0.2, 0.25) is 0 Å². The first-order valence-corrected chi connectivity index (χ1v) is 10.1. The predicted molar refractivity (Wildman–Crippen MR) is 121 cm³/mol. The van der Waals surface area contributed by atoms with Crippen molar-refractivity contribution >= 4 is 38.5 Å². The lowest BCUT2D eigenvalue weighted by molar-refractivity contribution is -0.115. The number of methoxy groups -OCH3 is 1. The van der Waals surface area contributed by atoms with Crippen molar-refractivity contribution < 1.29 is 13.9 Å². The zero-order valence-corrected chi connectivity index (χ0v) is 17.7. The number of carbonyl (C=O) groups excluding carboxylic acids is 1. The summed E-state index contributed by atoms with van der Waals surface area (Å²) in [6, 6.07) is 21.4. The Kier molecular flexibility index (Phi) is 5.68. The third kappa shape index (κ3) is 4.44. The van der Waals surface area contributed by atoms with Gasteiger partial charge in [0, 0.05) is 21.8 Å². The number of amides is 1. The van der Waals surface area contributed by atoms with E-state index in [1.165, 1.54) is 6.07 Å². The highest BCUT2D eigenvalue weighted by Gasteiger charge is 2.09. The van der Waals surface area contributed by atoms with Crippen molar-refractivity contribution in [2.45, 2.75) is 6.42 Å². The van der Waals surface area contributed by atoms with E-state index >= 15 is 0 Å². The number of rotatable bonds is 5. The molecule has 6 heteroatoms. The van der Waals surface area contributed by atoms with Gasteiger partial charge in [-0.2, -0.15) is 0 Å². The summed E-state index contributed by atoms with van der Waals surface area (Å²) >= 11 is 3.38. The molecule has 30 heavy (non-hydrogen) atoms. The summed E-state index contributed by atoms with van der Waals surface area (Å²) in [4.78, 5) is 24.7. The lowest BCUT2D eigenvalue weighted by Crippen LogP contribution is -2.14. The van der Waals surface area contributed by atoms with Gasteiger partial charge in [0.2, 0.25) is 5.91 Å². The number of anilines is 1. The quantitative estimate of drug-likeness (QED) is 0.429. The van der Waals surface area contributed by atoms with E-state index in [-0.39, 0.29) is 17.8 Å². The second kappa shape index (κ2) is 8.55. The Morgan fingerprint density at radius 2 is 1.73 bits per heavy atom. The van der Waals surface area contributed by atoms with E-state index < -0.39 is 0 Å². The van der Waals surface area contributed by atoms with Crippen molar-refractivity contribution in [2.24, 2.45) is 0 Å². The molecule has 0 atom stereocenters. The van der Waals surface area contributed by atoms with Gasteiger partial charge in [0.05, 0.1) is 18.9 Å². The molecule has 3 aromatic carbocycles. The van der Waals surface area contributed by atoms with Crippen LogP contribution in [-0.4, -0.2) is 13.0 Å². The van der Waals surface area contributed by atoms with Crippen molar-refractivity contribution in [3.63, 3.8) is 0 Å². The molecule has 0 bridgehead atoms. The van der Waals surface area contributed by atoms with E-state index in [0.717, 1.165) is 15.6 Å². The Morgan fingerprint density at radius 3 is 2.43 bits per heavy atom. The lowest BCUT2D eigenvalue weighted by Gasteiger charge is -2.08. The third-order valence-corrected chi connectivity index (χ3v) is 5.19. The van der Waals surface area contributed by atoms with Crippen LogP contribution in [0.5, 0.6) is 5.75 Å². The van der Waals surface area contributed by atoms with Gasteiger partial charge in [0.15, 0.2) is 5.43 Å². The van der Waals surface area contributed by atoms with Crippen LogP contribution in [0.25, 0.3) is 22.3 Å². The molecule has 0 fully saturated rings. The van der Waals surface area contributed by atoms with Gasteiger partial charge in [-0.3, -0.25) is 9.59 Å². The lowest BCUT2D eigenvalue weighted by atomic mass is 10.1. The van der Waals surface area contributed by atoms with Gasteiger partial charge in [0.25, 0.3) is 0 Å². The average molecular weight is 464 g/mol. The smallest absolute Gasteiger partial charge is 0.228 e. The first-order chi connectivity index (χ1) is 14.5.